The van der Waals surface area contributed by atoms with Gasteiger partial charge in [0, 0.05) is 13.2 Å². The van der Waals surface area contributed by atoms with Gasteiger partial charge in [0.15, 0.2) is 0 Å². The van der Waals surface area contributed by atoms with E-state index in [0.29, 0.717) is 13.2 Å². The van der Waals surface area contributed by atoms with Crippen LogP contribution in [0.4, 0.5) is 4.79 Å². The van der Waals surface area contributed by atoms with Gasteiger partial charge >= 0.3 is 6.09 Å². The molecular weight excluding hydrogens is 170 g/mol. The van der Waals surface area contributed by atoms with E-state index in [1.54, 1.807) is 6.92 Å². The Balaban J connectivity index is 2.21. The first kappa shape index (κ1) is 10.3. The van der Waals surface area contributed by atoms with Gasteiger partial charge in [-0.2, -0.15) is 0 Å². The normalized spacial score (nSPS) is 27.2. The highest BCUT2D eigenvalue weighted by Crippen LogP contribution is 2.23. The fourth-order valence-electron chi connectivity index (χ4n) is 1.42. The molecule has 1 atom stereocenters. The Kier molecular flexibility index (Phi) is 3.54. The van der Waals surface area contributed by atoms with Crippen LogP contribution < -0.4 is 5.32 Å². The van der Waals surface area contributed by atoms with Gasteiger partial charge in [0.05, 0.1) is 12.2 Å². The molecular formula is C9H17NO3. The molecule has 0 aromatic carbocycles. The molecule has 76 valence electrons. The standard InChI is InChI=1S/C9H17NO3/c1-3-12-8(11)10-7-9(2)5-4-6-13-9/h3-7H2,1-2H3,(H,10,11). The van der Waals surface area contributed by atoms with Gasteiger partial charge in [0.25, 0.3) is 0 Å². The third-order valence-electron chi connectivity index (χ3n) is 2.18. The van der Waals surface area contributed by atoms with E-state index in [-0.39, 0.29) is 11.7 Å². The molecule has 13 heavy (non-hydrogen) atoms. The van der Waals surface area contributed by atoms with Crippen molar-refractivity contribution in [2.45, 2.75) is 32.3 Å². The van der Waals surface area contributed by atoms with Gasteiger partial charge in [-0.05, 0) is 26.7 Å². The van der Waals surface area contributed by atoms with E-state index >= 15 is 0 Å². The minimum Gasteiger partial charge on any atom is -0.450 e. The number of nitrogens with one attached hydrogen (secondary N) is 1. The molecule has 1 rings (SSSR count). The molecule has 1 amide bonds. The van der Waals surface area contributed by atoms with Gasteiger partial charge in [-0.1, -0.05) is 0 Å². The van der Waals surface area contributed by atoms with Crippen LogP contribution in [0, 0.1) is 0 Å². The number of rotatable bonds is 3. The monoisotopic (exact) mass is 187 g/mol. The second kappa shape index (κ2) is 4.46. The molecule has 1 aliphatic rings. The smallest absolute Gasteiger partial charge is 0.407 e. The van der Waals surface area contributed by atoms with Crippen LogP contribution in [-0.2, 0) is 9.47 Å². The summed E-state index contributed by atoms with van der Waals surface area (Å²) in [6, 6.07) is 0. The van der Waals surface area contributed by atoms with Crippen molar-refractivity contribution in [1.82, 2.24) is 5.32 Å². The highest BCUT2D eigenvalue weighted by Gasteiger charge is 2.30. The van der Waals surface area contributed by atoms with Gasteiger partial charge in [0.2, 0.25) is 0 Å². The van der Waals surface area contributed by atoms with Crippen molar-refractivity contribution >= 4 is 6.09 Å². The zero-order chi connectivity index (χ0) is 9.73. The fraction of sp³-hybridized carbons (Fsp3) is 0.889. The number of hydrogen-bond acceptors (Lipinski definition) is 3. The van der Waals surface area contributed by atoms with Gasteiger partial charge in [-0.3, -0.25) is 0 Å². The van der Waals surface area contributed by atoms with Crippen molar-refractivity contribution in [3.8, 4) is 0 Å². The predicted octanol–water partition coefficient (Wildman–Crippen LogP) is 1.30. The molecule has 1 saturated heterocycles. The minimum atomic E-state index is -0.362. The molecule has 0 aromatic heterocycles. The van der Waals surface area contributed by atoms with Gasteiger partial charge in [0.1, 0.15) is 0 Å². The second-order valence-corrected chi connectivity index (χ2v) is 3.48. The van der Waals surface area contributed by atoms with E-state index in [0.717, 1.165) is 19.4 Å². The summed E-state index contributed by atoms with van der Waals surface area (Å²) in [5.74, 6) is 0. The van der Waals surface area contributed by atoms with Crippen LogP contribution in [0.1, 0.15) is 26.7 Å². The van der Waals surface area contributed by atoms with Crippen LogP contribution in [0.5, 0.6) is 0 Å². The predicted molar refractivity (Wildman–Crippen MR) is 48.6 cm³/mol. The van der Waals surface area contributed by atoms with E-state index in [2.05, 4.69) is 5.32 Å². The Morgan fingerprint density at radius 3 is 3.00 bits per heavy atom. The molecule has 1 N–H and O–H groups in total. The summed E-state index contributed by atoms with van der Waals surface area (Å²) < 4.78 is 10.2. The third-order valence-corrected chi connectivity index (χ3v) is 2.18. The number of carbonyl (C=O) groups is 1. The SMILES string of the molecule is CCOC(=O)NCC1(C)CCCO1. The molecule has 1 aliphatic heterocycles. The molecule has 1 fully saturated rings. The molecule has 4 nitrogen and oxygen atoms in total. The van der Waals surface area contributed by atoms with Gasteiger partial charge in [-0.25, -0.2) is 4.79 Å². The number of carbonyl (C=O) groups excluding carboxylic acids is 1. The third kappa shape index (κ3) is 3.22. The molecule has 0 bridgehead atoms. The molecule has 0 aromatic rings. The van der Waals surface area contributed by atoms with E-state index in [1.807, 2.05) is 6.92 Å². The molecule has 0 aliphatic carbocycles. The zero-order valence-corrected chi connectivity index (χ0v) is 8.26. The van der Waals surface area contributed by atoms with E-state index < -0.39 is 0 Å². The Bertz CT molecular complexity index is 176. The maximum atomic E-state index is 11.0. The molecule has 1 heterocycles. The molecule has 4 heteroatoms. The Labute approximate surface area is 78.6 Å². The topological polar surface area (TPSA) is 47.6 Å². The summed E-state index contributed by atoms with van der Waals surface area (Å²) in [6.45, 7) is 5.52. The Morgan fingerprint density at radius 1 is 1.69 bits per heavy atom. The van der Waals surface area contributed by atoms with Crippen molar-refractivity contribution in [3.63, 3.8) is 0 Å². The maximum Gasteiger partial charge on any atom is 0.407 e. The maximum absolute atomic E-state index is 11.0. The van der Waals surface area contributed by atoms with Crippen molar-refractivity contribution in [1.29, 1.82) is 0 Å². The second-order valence-electron chi connectivity index (χ2n) is 3.48. The number of alkyl carbamates (subject to hydrolysis) is 1. The first-order valence-electron chi connectivity index (χ1n) is 4.71. The average Bonchev–Trinajstić information content (AvgIpc) is 2.51. The minimum absolute atomic E-state index is 0.188. The summed E-state index contributed by atoms with van der Waals surface area (Å²) in [7, 11) is 0. The molecule has 1 unspecified atom stereocenters. The molecule has 0 saturated carbocycles. The largest absolute Gasteiger partial charge is 0.450 e. The Morgan fingerprint density at radius 2 is 2.46 bits per heavy atom. The first-order valence-corrected chi connectivity index (χ1v) is 4.71. The van der Waals surface area contributed by atoms with Crippen molar-refractivity contribution < 1.29 is 14.3 Å². The summed E-state index contributed by atoms with van der Waals surface area (Å²) in [5.41, 5.74) is -0.188. The van der Waals surface area contributed by atoms with E-state index in [4.69, 9.17) is 9.47 Å². The number of hydrogen-bond donors (Lipinski definition) is 1. The average molecular weight is 187 g/mol. The fourth-order valence-corrected chi connectivity index (χ4v) is 1.42. The quantitative estimate of drug-likeness (QED) is 0.724. The highest BCUT2D eigenvalue weighted by molar-refractivity contribution is 5.67. The van der Waals surface area contributed by atoms with Crippen molar-refractivity contribution in [3.05, 3.63) is 0 Å². The van der Waals surface area contributed by atoms with E-state index in [9.17, 15) is 4.79 Å². The molecule has 0 spiro atoms. The zero-order valence-electron chi connectivity index (χ0n) is 8.26. The van der Waals surface area contributed by atoms with Gasteiger partial charge in [-0.15, -0.1) is 0 Å². The first-order chi connectivity index (χ1) is 6.16. The highest BCUT2D eigenvalue weighted by atomic mass is 16.5. The van der Waals surface area contributed by atoms with Crippen LogP contribution in [0.2, 0.25) is 0 Å². The van der Waals surface area contributed by atoms with Crippen LogP contribution >= 0.6 is 0 Å². The lowest BCUT2D eigenvalue weighted by Gasteiger charge is -2.22. The Hall–Kier alpha value is -0.770. The molecule has 0 radical (unpaired) electrons. The van der Waals surface area contributed by atoms with E-state index in [1.165, 1.54) is 0 Å². The lowest BCUT2D eigenvalue weighted by molar-refractivity contribution is 0.0201. The van der Waals surface area contributed by atoms with Crippen LogP contribution in [-0.4, -0.2) is 31.5 Å². The van der Waals surface area contributed by atoms with Crippen LogP contribution in [0.3, 0.4) is 0 Å². The summed E-state index contributed by atoms with van der Waals surface area (Å²) in [6.07, 6.45) is 1.71. The number of ether oxygens (including phenoxy) is 2. The summed E-state index contributed by atoms with van der Waals surface area (Å²) in [5, 5.41) is 2.68. The van der Waals surface area contributed by atoms with Crippen molar-refractivity contribution in [2.75, 3.05) is 19.8 Å². The van der Waals surface area contributed by atoms with Crippen LogP contribution in [0.25, 0.3) is 0 Å². The number of amides is 1. The lowest BCUT2D eigenvalue weighted by atomic mass is 10.0. The van der Waals surface area contributed by atoms with Crippen LogP contribution in [0.15, 0.2) is 0 Å². The lowest BCUT2D eigenvalue weighted by Crippen LogP contribution is -2.40. The summed E-state index contributed by atoms with van der Waals surface area (Å²) >= 11 is 0. The van der Waals surface area contributed by atoms with Gasteiger partial charge < -0.3 is 14.8 Å². The summed E-state index contributed by atoms with van der Waals surface area (Å²) in [4.78, 5) is 11.0. The van der Waals surface area contributed by atoms with Crippen molar-refractivity contribution in [2.24, 2.45) is 0 Å².